The SMILES string of the molecule is Cc1c([N+](=O)[O-])cnc(NN2CCOCC2)c1Br. The van der Waals surface area contributed by atoms with Gasteiger partial charge in [0.25, 0.3) is 5.69 Å². The summed E-state index contributed by atoms with van der Waals surface area (Å²) in [4.78, 5) is 14.4. The summed E-state index contributed by atoms with van der Waals surface area (Å²) in [5.74, 6) is 0.583. The number of hydrazine groups is 1. The highest BCUT2D eigenvalue weighted by Crippen LogP contribution is 2.30. The van der Waals surface area contributed by atoms with E-state index in [1.165, 1.54) is 6.20 Å². The number of hydrogen-bond donors (Lipinski definition) is 1. The summed E-state index contributed by atoms with van der Waals surface area (Å²) in [6.07, 6.45) is 1.27. The summed E-state index contributed by atoms with van der Waals surface area (Å²) in [6.45, 7) is 4.52. The highest BCUT2D eigenvalue weighted by atomic mass is 79.9. The molecule has 0 unspecified atom stereocenters. The second-order valence-corrected chi connectivity index (χ2v) is 4.69. The molecule has 0 saturated carbocycles. The van der Waals surface area contributed by atoms with E-state index >= 15 is 0 Å². The van der Waals surface area contributed by atoms with E-state index in [1.807, 2.05) is 5.01 Å². The van der Waals surface area contributed by atoms with Gasteiger partial charge in [-0.1, -0.05) is 0 Å². The average Bonchev–Trinajstić information content (AvgIpc) is 2.36. The molecule has 0 amide bonds. The van der Waals surface area contributed by atoms with Gasteiger partial charge >= 0.3 is 0 Å². The summed E-state index contributed by atoms with van der Waals surface area (Å²) in [6, 6.07) is 0. The van der Waals surface area contributed by atoms with Crippen LogP contribution in [0.2, 0.25) is 0 Å². The van der Waals surface area contributed by atoms with Crippen LogP contribution in [-0.2, 0) is 4.74 Å². The van der Waals surface area contributed by atoms with Crippen molar-refractivity contribution in [1.29, 1.82) is 0 Å². The summed E-state index contributed by atoms with van der Waals surface area (Å²) in [5, 5.41) is 12.7. The van der Waals surface area contributed by atoms with Gasteiger partial charge < -0.3 is 10.2 Å². The maximum Gasteiger partial charge on any atom is 0.291 e. The van der Waals surface area contributed by atoms with Gasteiger partial charge in [-0.05, 0) is 22.9 Å². The Bertz CT molecular complexity index is 463. The minimum atomic E-state index is -0.439. The topological polar surface area (TPSA) is 80.5 Å². The molecule has 8 heteroatoms. The molecule has 0 aliphatic carbocycles. The number of anilines is 1. The number of aromatic nitrogens is 1. The average molecular weight is 317 g/mol. The molecule has 1 aromatic heterocycles. The van der Waals surface area contributed by atoms with Crippen LogP contribution in [0.4, 0.5) is 11.5 Å². The fourth-order valence-corrected chi connectivity index (χ4v) is 2.05. The molecule has 1 aliphatic heterocycles. The summed E-state index contributed by atoms with van der Waals surface area (Å²) >= 11 is 3.34. The number of nitrogens with zero attached hydrogens (tertiary/aromatic N) is 3. The van der Waals surface area contributed by atoms with Crippen LogP contribution >= 0.6 is 15.9 Å². The normalized spacial score (nSPS) is 16.6. The Morgan fingerprint density at radius 1 is 1.56 bits per heavy atom. The van der Waals surface area contributed by atoms with Crippen LogP contribution in [0, 0.1) is 17.0 Å². The van der Waals surface area contributed by atoms with Crippen molar-refractivity contribution in [2.24, 2.45) is 0 Å². The molecule has 1 N–H and O–H groups in total. The van der Waals surface area contributed by atoms with Gasteiger partial charge in [0.05, 0.1) is 22.6 Å². The van der Waals surface area contributed by atoms with Crippen LogP contribution in [-0.4, -0.2) is 41.2 Å². The minimum absolute atomic E-state index is 0.00871. The molecule has 0 radical (unpaired) electrons. The molecule has 7 nitrogen and oxygen atoms in total. The molecular formula is C10H13BrN4O3. The fraction of sp³-hybridized carbons (Fsp3) is 0.500. The lowest BCUT2D eigenvalue weighted by molar-refractivity contribution is -0.385. The molecule has 98 valence electrons. The van der Waals surface area contributed by atoms with Crippen molar-refractivity contribution in [3.8, 4) is 0 Å². The van der Waals surface area contributed by atoms with Crippen LogP contribution in [0.3, 0.4) is 0 Å². The first-order chi connectivity index (χ1) is 8.59. The van der Waals surface area contributed by atoms with Crippen molar-refractivity contribution in [3.63, 3.8) is 0 Å². The smallest absolute Gasteiger partial charge is 0.291 e. The molecule has 1 aliphatic rings. The minimum Gasteiger partial charge on any atom is -0.379 e. The van der Waals surface area contributed by atoms with Gasteiger partial charge in [-0.25, -0.2) is 9.99 Å². The number of ether oxygens (including phenoxy) is 1. The first-order valence-corrected chi connectivity index (χ1v) is 6.27. The number of rotatable bonds is 3. The van der Waals surface area contributed by atoms with E-state index in [0.717, 1.165) is 13.1 Å². The zero-order valence-electron chi connectivity index (χ0n) is 9.85. The number of pyridine rings is 1. The Labute approximate surface area is 112 Å². The number of morpholine rings is 1. The maximum atomic E-state index is 10.8. The van der Waals surface area contributed by atoms with Crippen LogP contribution in [0.15, 0.2) is 10.7 Å². The first kappa shape index (κ1) is 13.2. The molecular weight excluding hydrogens is 304 g/mol. The lowest BCUT2D eigenvalue weighted by Crippen LogP contribution is -2.40. The number of hydrogen-bond acceptors (Lipinski definition) is 6. The third-order valence-corrected chi connectivity index (χ3v) is 3.68. The van der Waals surface area contributed by atoms with Crippen molar-refractivity contribution in [2.75, 3.05) is 31.7 Å². The Balaban J connectivity index is 2.18. The number of nitro groups is 1. The van der Waals surface area contributed by atoms with Gasteiger partial charge in [0.1, 0.15) is 6.20 Å². The van der Waals surface area contributed by atoms with Crippen molar-refractivity contribution in [1.82, 2.24) is 9.99 Å². The monoisotopic (exact) mass is 316 g/mol. The highest BCUT2D eigenvalue weighted by Gasteiger charge is 2.19. The van der Waals surface area contributed by atoms with Crippen LogP contribution < -0.4 is 5.43 Å². The second kappa shape index (κ2) is 5.59. The van der Waals surface area contributed by atoms with E-state index in [1.54, 1.807) is 6.92 Å². The molecule has 18 heavy (non-hydrogen) atoms. The number of halogens is 1. The van der Waals surface area contributed by atoms with Gasteiger partial charge in [0.15, 0.2) is 5.82 Å². The van der Waals surface area contributed by atoms with Gasteiger partial charge in [-0.15, -0.1) is 0 Å². The Morgan fingerprint density at radius 3 is 2.83 bits per heavy atom. The second-order valence-electron chi connectivity index (χ2n) is 3.90. The van der Waals surface area contributed by atoms with Gasteiger partial charge in [0, 0.05) is 18.7 Å². The van der Waals surface area contributed by atoms with Crippen LogP contribution in [0.25, 0.3) is 0 Å². The van der Waals surface area contributed by atoms with Crippen molar-refractivity contribution in [2.45, 2.75) is 6.92 Å². The van der Waals surface area contributed by atoms with E-state index in [4.69, 9.17) is 4.74 Å². The lowest BCUT2D eigenvalue weighted by Gasteiger charge is -2.27. The van der Waals surface area contributed by atoms with E-state index < -0.39 is 4.92 Å². The lowest BCUT2D eigenvalue weighted by atomic mass is 10.2. The first-order valence-electron chi connectivity index (χ1n) is 5.48. The van der Waals surface area contributed by atoms with E-state index in [2.05, 4.69) is 26.3 Å². The van der Waals surface area contributed by atoms with E-state index in [0.29, 0.717) is 29.1 Å². The quantitative estimate of drug-likeness (QED) is 0.675. The predicted octanol–water partition coefficient (Wildman–Crippen LogP) is 1.72. The Kier molecular flexibility index (Phi) is 4.10. The molecule has 1 fully saturated rings. The summed E-state index contributed by atoms with van der Waals surface area (Å²) < 4.78 is 5.85. The van der Waals surface area contributed by atoms with Gasteiger partial charge in [0.2, 0.25) is 0 Å². The van der Waals surface area contributed by atoms with Gasteiger partial charge in [-0.2, -0.15) is 0 Å². The summed E-state index contributed by atoms with van der Waals surface area (Å²) in [7, 11) is 0. The molecule has 0 spiro atoms. The van der Waals surface area contributed by atoms with E-state index in [-0.39, 0.29) is 5.69 Å². The molecule has 0 aromatic carbocycles. The third-order valence-electron chi connectivity index (χ3n) is 2.71. The van der Waals surface area contributed by atoms with Crippen molar-refractivity contribution in [3.05, 3.63) is 26.3 Å². The predicted molar refractivity (Wildman–Crippen MR) is 69.3 cm³/mol. The van der Waals surface area contributed by atoms with Crippen molar-refractivity contribution >= 4 is 27.4 Å². The Morgan fingerprint density at radius 2 is 2.22 bits per heavy atom. The largest absolute Gasteiger partial charge is 0.379 e. The van der Waals surface area contributed by atoms with Crippen LogP contribution in [0.5, 0.6) is 0 Å². The molecule has 0 bridgehead atoms. The molecule has 2 rings (SSSR count). The molecule has 2 heterocycles. The zero-order valence-corrected chi connectivity index (χ0v) is 11.4. The zero-order chi connectivity index (χ0) is 13.1. The fourth-order valence-electron chi connectivity index (χ4n) is 1.66. The van der Waals surface area contributed by atoms with Crippen LogP contribution in [0.1, 0.15) is 5.56 Å². The molecule has 1 aromatic rings. The molecule has 0 atom stereocenters. The van der Waals surface area contributed by atoms with E-state index in [9.17, 15) is 10.1 Å². The van der Waals surface area contributed by atoms with Crippen molar-refractivity contribution < 1.29 is 9.66 Å². The van der Waals surface area contributed by atoms with Gasteiger partial charge in [-0.3, -0.25) is 10.1 Å². The standard InChI is InChI=1S/C10H13BrN4O3/c1-7-8(15(16)17)6-12-10(9(7)11)13-14-2-4-18-5-3-14/h6H,2-5H2,1H3,(H,12,13). The Hall–Kier alpha value is -1.25. The molecule has 1 saturated heterocycles. The maximum absolute atomic E-state index is 10.8. The highest BCUT2D eigenvalue weighted by molar-refractivity contribution is 9.10. The number of nitrogens with one attached hydrogen (secondary N) is 1. The third kappa shape index (κ3) is 2.77. The summed E-state index contributed by atoms with van der Waals surface area (Å²) in [5.41, 5.74) is 3.70.